The van der Waals surface area contributed by atoms with Gasteiger partial charge in [0.25, 0.3) is 0 Å². The van der Waals surface area contributed by atoms with Crippen molar-refractivity contribution in [2.45, 2.75) is 26.3 Å². The van der Waals surface area contributed by atoms with E-state index in [4.69, 9.17) is 9.47 Å². The normalized spacial score (nSPS) is 16.1. The number of carbonyl (C=O) groups is 2. The number of nitrogens with one attached hydrogen (secondary N) is 2. The number of rotatable bonds is 5. The number of ether oxygens (including phenoxy) is 2. The van der Waals surface area contributed by atoms with E-state index >= 15 is 0 Å². The first-order valence-corrected chi connectivity index (χ1v) is 9.09. The van der Waals surface area contributed by atoms with E-state index in [1.54, 1.807) is 37.3 Å². The molecule has 3 amide bonds. The van der Waals surface area contributed by atoms with E-state index in [0.29, 0.717) is 23.7 Å². The van der Waals surface area contributed by atoms with E-state index in [-0.39, 0.29) is 24.4 Å². The number of methoxy groups -OCH3 is 2. The Hall–Kier alpha value is -3.22. The zero-order valence-corrected chi connectivity index (χ0v) is 16.5. The number of urea groups is 1. The minimum atomic E-state index is -0.319. The fourth-order valence-electron chi connectivity index (χ4n) is 3.28. The third kappa shape index (κ3) is 4.03. The van der Waals surface area contributed by atoms with Crippen molar-refractivity contribution in [2.75, 3.05) is 31.0 Å². The van der Waals surface area contributed by atoms with Crippen LogP contribution in [0.2, 0.25) is 0 Å². The summed E-state index contributed by atoms with van der Waals surface area (Å²) in [5, 5.41) is 5.75. The molecule has 1 unspecified atom stereocenters. The molecule has 0 aromatic heterocycles. The zero-order valence-electron chi connectivity index (χ0n) is 16.5. The third-order valence-corrected chi connectivity index (χ3v) is 4.99. The van der Waals surface area contributed by atoms with Gasteiger partial charge >= 0.3 is 6.03 Å². The lowest BCUT2D eigenvalue weighted by Gasteiger charge is -2.19. The number of anilines is 2. The van der Waals surface area contributed by atoms with Gasteiger partial charge in [-0.05, 0) is 43.2 Å². The summed E-state index contributed by atoms with van der Waals surface area (Å²) in [5.41, 5.74) is 3.60. The van der Waals surface area contributed by atoms with E-state index in [9.17, 15) is 9.59 Å². The molecule has 1 aliphatic rings. The number of hydrogen-bond acceptors (Lipinski definition) is 4. The number of benzene rings is 2. The summed E-state index contributed by atoms with van der Waals surface area (Å²) in [4.78, 5) is 26.5. The predicted molar refractivity (Wildman–Crippen MR) is 108 cm³/mol. The lowest BCUT2D eigenvalue weighted by Crippen LogP contribution is -2.39. The van der Waals surface area contributed by atoms with Gasteiger partial charge in [-0.2, -0.15) is 0 Å². The van der Waals surface area contributed by atoms with Crippen LogP contribution in [0.15, 0.2) is 36.4 Å². The van der Waals surface area contributed by atoms with Crippen LogP contribution in [0.3, 0.4) is 0 Å². The maximum absolute atomic E-state index is 12.5. The second kappa shape index (κ2) is 8.21. The highest BCUT2D eigenvalue weighted by molar-refractivity contribution is 5.98. The molecule has 3 rings (SSSR count). The van der Waals surface area contributed by atoms with Gasteiger partial charge in [0.2, 0.25) is 5.91 Å². The molecular formula is C21H25N3O4. The Balaban J connectivity index is 1.66. The van der Waals surface area contributed by atoms with E-state index < -0.39 is 0 Å². The Labute approximate surface area is 164 Å². The molecule has 0 spiro atoms. The zero-order chi connectivity index (χ0) is 20.3. The molecule has 2 N–H and O–H groups in total. The topological polar surface area (TPSA) is 79.9 Å². The van der Waals surface area contributed by atoms with Crippen LogP contribution in [0.1, 0.15) is 17.5 Å². The van der Waals surface area contributed by atoms with Gasteiger partial charge in [0.05, 0.1) is 20.3 Å². The molecule has 148 valence electrons. The van der Waals surface area contributed by atoms with Gasteiger partial charge in [-0.25, -0.2) is 4.79 Å². The maximum atomic E-state index is 12.5. The molecule has 2 aromatic carbocycles. The SMILES string of the molecule is COc1ccc(N2CC(NC(=O)Nc3cccc(C)c3C)CC2=O)cc1OC. The summed E-state index contributed by atoms with van der Waals surface area (Å²) in [6.45, 7) is 4.35. The summed E-state index contributed by atoms with van der Waals surface area (Å²) in [6.07, 6.45) is 0.245. The Morgan fingerprint density at radius 2 is 1.86 bits per heavy atom. The van der Waals surface area contributed by atoms with Crippen molar-refractivity contribution in [2.24, 2.45) is 0 Å². The van der Waals surface area contributed by atoms with E-state index in [1.807, 2.05) is 32.0 Å². The van der Waals surface area contributed by atoms with E-state index in [1.165, 1.54) is 0 Å². The quantitative estimate of drug-likeness (QED) is 0.831. The van der Waals surface area contributed by atoms with Crippen molar-refractivity contribution in [1.29, 1.82) is 0 Å². The summed E-state index contributed by atoms with van der Waals surface area (Å²) in [5.74, 6) is 1.10. The average Bonchev–Trinajstić information content (AvgIpc) is 3.04. The van der Waals surface area contributed by atoms with Crippen LogP contribution in [0.5, 0.6) is 11.5 Å². The van der Waals surface area contributed by atoms with Crippen LogP contribution < -0.4 is 25.0 Å². The minimum absolute atomic E-state index is 0.0516. The highest BCUT2D eigenvalue weighted by Gasteiger charge is 2.32. The second-order valence-corrected chi connectivity index (χ2v) is 6.79. The van der Waals surface area contributed by atoms with Crippen molar-refractivity contribution >= 4 is 23.3 Å². The van der Waals surface area contributed by atoms with Gasteiger partial charge in [0.1, 0.15) is 0 Å². The molecule has 1 atom stereocenters. The van der Waals surface area contributed by atoms with Gasteiger partial charge in [-0.15, -0.1) is 0 Å². The van der Waals surface area contributed by atoms with Crippen molar-refractivity contribution in [3.63, 3.8) is 0 Å². The van der Waals surface area contributed by atoms with Crippen molar-refractivity contribution in [3.05, 3.63) is 47.5 Å². The summed E-state index contributed by atoms with van der Waals surface area (Å²) in [7, 11) is 3.11. The maximum Gasteiger partial charge on any atom is 0.319 e. The van der Waals surface area contributed by atoms with Gasteiger partial charge < -0.3 is 25.0 Å². The first kappa shape index (κ1) is 19.5. The average molecular weight is 383 g/mol. The number of aryl methyl sites for hydroxylation is 1. The van der Waals surface area contributed by atoms with Gasteiger partial charge in [-0.1, -0.05) is 12.1 Å². The number of carbonyl (C=O) groups excluding carboxylic acids is 2. The van der Waals surface area contributed by atoms with Crippen molar-refractivity contribution in [1.82, 2.24) is 5.32 Å². The molecule has 1 heterocycles. The second-order valence-electron chi connectivity index (χ2n) is 6.79. The Bertz CT molecular complexity index is 897. The number of hydrogen-bond donors (Lipinski definition) is 2. The highest BCUT2D eigenvalue weighted by atomic mass is 16.5. The highest BCUT2D eigenvalue weighted by Crippen LogP contribution is 2.33. The van der Waals surface area contributed by atoms with Gasteiger partial charge in [0, 0.05) is 30.4 Å². The smallest absolute Gasteiger partial charge is 0.319 e. The molecule has 1 aliphatic heterocycles. The molecule has 28 heavy (non-hydrogen) atoms. The molecule has 1 fully saturated rings. The lowest BCUT2D eigenvalue weighted by atomic mass is 10.1. The molecule has 7 heteroatoms. The Morgan fingerprint density at radius 1 is 1.11 bits per heavy atom. The molecular weight excluding hydrogens is 358 g/mol. The summed E-state index contributed by atoms with van der Waals surface area (Å²) in [6, 6.07) is 10.5. The first-order chi connectivity index (χ1) is 13.4. The first-order valence-electron chi connectivity index (χ1n) is 9.09. The minimum Gasteiger partial charge on any atom is -0.493 e. The molecule has 1 saturated heterocycles. The largest absolute Gasteiger partial charge is 0.493 e. The molecule has 2 aromatic rings. The lowest BCUT2D eigenvalue weighted by molar-refractivity contribution is -0.117. The molecule has 0 aliphatic carbocycles. The van der Waals surface area contributed by atoms with Crippen LogP contribution in [0.4, 0.5) is 16.2 Å². The van der Waals surface area contributed by atoms with Crippen LogP contribution in [0.25, 0.3) is 0 Å². The van der Waals surface area contributed by atoms with E-state index in [2.05, 4.69) is 10.6 Å². The fraction of sp³-hybridized carbons (Fsp3) is 0.333. The van der Waals surface area contributed by atoms with Crippen LogP contribution in [-0.4, -0.2) is 38.7 Å². The van der Waals surface area contributed by atoms with Gasteiger partial charge in [0.15, 0.2) is 11.5 Å². The van der Waals surface area contributed by atoms with Crippen LogP contribution >= 0.6 is 0 Å². The molecule has 0 radical (unpaired) electrons. The number of nitrogens with zero attached hydrogens (tertiary/aromatic N) is 1. The summed E-state index contributed by atoms with van der Waals surface area (Å²) >= 11 is 0. The summed E-state index contributed by atoms with van der Waals surface area (Å²) < 4.78 is 10.5. The van der Waals surface area contributed by atoms with Crippen molar-refractivity contribution < 1.29 is 19.1 Å². The third-order valence-electron chi connectivity index (χ3n) is 4.99. The van der Waals surface area contributed by atoms with Gasteiger partial charge in [-0.3, -0.25) is 4.79 Å². The monoisotopic (exact) mass is 383 g/mol. The van der Waals surface area contributed by atoms with E-state index in [0.717, 1.165) is 16.8 Å². The number of amides is 3. The molecule has 0 bridgehead atoms. The predicted octanol–water partition coefficient (Wildman–Crippen LogP) is 3.25. The Morgan fingerprint density at radius 3 is 2.57 bits per heavy atom. The standard InChI is InChI=1S/C21H25N3O4/c1-13-6-5-7-17(14(13)2)23-21(26)22-15-10-20(25)24(12-15)16-8-9-18(27-3)19(11-16)28-4/h5-9,11,15H,10,12H2,1-4H3,(H2,22,23,26). The fourth-order valence-corrected chi connectivity index (χ4v) is 3.28. The Kier molecular flexibility index (Phi) is 5.73. The molecule has 7 nitrogen and oxygen atoms in total. The van der Waals surface area contributed by atoms with Crippen LogP contribution in [0, 0.1) is 13.8 Å². The molecule has 0 saturated carbocycles. The van der Waals surface area contributed by atoms with Crippen molar-refractivity contribution in [3.8, 4) is 11.5 Å². The van der Waals surface area contributed by atoms with Crippen LogP contribution in [-0.2, 0) is 4.79 Å².